The molecule has 0 radical (unpaired) electrons. The van der Waals surface area contributed by atoms with Gasteiger partial charge in [0.15, 0.2) is 0 Å². The fourth-order valence-corrected chi connectivity index (χ4v) is 3.84. The summed E-state index contributed by atoms with van der Waals surface area (Å²) in [5.74, 6) is 0.428. The molecule has 8 heteroatoms. The van der Waals surface area contributed by atoms with Crippen LogP contribution in [0.4, 0.5) is 0 Å². The Morgan fingerprint density at radius 1 is 0.903 bits per heavy atom. The maximum absolute atomic E-state index is 12.4. The van der Waals surface area contributed by atoms with E-state index in [9.17, 15) is 19.2 Å². The van der Waals surface area contributed by atoms with Gasteiger partial charge in [-0.3, -0.25) is 14.4 Å². The van der Waals surface area contributed by atoms with E-state index in [4.69, 9.17) is 9.05 Å². The summed E-state index contributed by atoms with van der Waals surface area (Å²) in [5, 5.41) is 4.55. The minimum Gasteiger partial charge on any atom is -0.383 e. The van der Waals surface area contributed by atoms with Crippen molar-refractivity contribution in [3.8, 4) is 0 Å². The number of aromatic amines is 2. The summed E-state index contributed by atoms with van der Waals surface area (Å²) < 4.78 is 10.6. The maximum Gasteiger partial charge on any atom is 0.280 e. The van der Waals surface area contributed by atoms with Gasteiger partial charge in [-0.2, -0.15) is 10.3 Å². The molecular weight excluding hydrogens is 400 g/mol. The van der Waals surface area contributed by atoms with E-state index in [1.165, 1.54) is 12.1 Å². The quantitative estimate of drug-likeness (QED) is 0.337. The predicted molar refractivity (Wildman–Crippen MR) is 116 cm³/mol. The Kier molecular flexibility index (Phi) is 8.42. The Bertz CT molecular complexity index is 911. The second-order valence-corrected chi connectivity index (χ2v) is 9.71. The highest BCUT2D eigenvalue weighted by Gasteiger charge is 2.38. The van der Waals surface area contributed by atoms with Gasteiger partial charge >= 0.3 is 0 Å². The zero-order valence-corrected chi connectivity index (χ0v) is 18.9. The van der Waals surface area contributed by atoms with Gasteiger partial charge in [-0.25, -0.2) is 0 Å². The Morgan fingerprint density at radius 3 is 1.94 bits per heavy atom. The second-order valence-electron chi connectivity index (χ2n) is 9.71. The highest BCUT2D eigenvalue weighted by molar-refractivity contribution is 5.78. The summed E-state index contributed by atoms with van der Waals surface area (Å²) in [6, 6.07) is 2.68. The molecule has 0 aliphatic carbocycles. The van der Waals surface area contributed by atoms with E-state index >= 15 is 0 Å². The summed E-state index contributed by atoms with van der Waals surface area (Å²) in [4.78, 5) is 46.5. The second kappa shape index (κ2) is 10.6. The van der Waals surface area contributed by atoms with E-state index in [0.717, 1.165) is 38.4 Å². The molecule has 0 aromatic carbocycles. The highest BCUT2D eigenvalue weighted by atomic mass is 16.5. The number of hydrogen-bond donors (Lipinski definition) is 2. The lowest BCUT2D eigenvalue weighted by Gasteiger charge is -2.30. The van der Waals surface area contributed by atoms with Crippen LogP contribution >= 0.6 is 0 Å². The van der Waals surface area contributed by atoms with Crippen molar-refractivity contribution in [1.82, 2.24) is 10.3 Å². The number of carbonyl (C=O) groups excluding carboxylic acids is 2. The van der Waals surface area contributed by atoms with Crippen LogP contribution in [0.15, 0.2) is 30.8 Å². The molecule has 2 aromatic rings. The average Bonchev–Trinajstić information content (AvgIpc) is 3.31. The van der Waals surface area contributed by atoms with Gasteiger partial charge in [0.05, 0.1) is 5.92 Å². The third-order valence-corrected chi connectivity index (χ3v) is 5.83. The van der Waals surface area contributed by atoms with Crippen molar-refractivity contribution in [2.24, 2.45) is 10.8 Å². The topological polar surface area (TPSA) is 126 Å². The minimum absolute atomic E-state index is 0.186. The number of Topliss-reactive ketones (excluding diaryl/α,β-unsaturated/α-hetero) is 1. The lowest BCUT2D eigenvalue weighted by Crippen LogP contribution is -2.24. The SMILES string of the molecule is CC(C)(C=O)CCCCCCC(=O)CCC(C)(C)C(c1cc(=O)[nH]o1)c1cc(=O)[nH]o1. The highest BCUT2D eigenvalue weighted by Crippen LogP contribution is 2.43. The van der Waals surface area contributed by atoms with Crippen molar-refractivity contribution < 1.29 is 18.6 Å². The number of hydrogen-bond acceptors (Lipinski definition) is 6. The molecular formula is C23H34N2O6. The van der Waals surface area contributed by atoms with Crippen molar-refractivity contribution in [3.63, 3.8) is 0 Å². The number of rotatable bonds is 14. The third-order valence-electron chi connectivity index (χ3n) is 5.83. The van der Waals surface area contributed by atoms with Crippen LogP contribution in [0.2, 0.25) is 0 Å². The molecule has 2 rings (SSSR count). The summed E-state index contributed by atoms with van der Waals surface area (Å²) in [6.45, 7) is 7.80. The molecule has 8 nitrogen and oxygen atoms in total. The monoisotopic (exact) mass is 434 g/mol. The van der Waals surface area contributed by atoms with Crippen LogP contribution in [0.25, 0.3) is 0 Å². The summed E-state index contributed by atoms with van der Waals surface area (Å²) in [5.41, 5.74) is -1.51. The molecule has 31 heavy (non-hydrogen) atoms. The van der Waals surface area contributed by atoms with Gasteiger partial charge in [-0.15, -0.1) is 0 Å². The molecule has 2 heterocycles. The summed E-state index contributed by atoms with van der Waals surface area (Å²) in [7, 11) is 0. The van der Waals surface area contributed by atoms with Crippen LogP contribution in [-0.4, -0.2) is 22.4 Å². The smallest absolute Gasteiger partial charge is 0.280 e. The summed E-state index contributed by atoms with van der Waals surface area (Å²) >= 11 is 0. The van der Waals surface area contributed by atoms with E-state index in [1.54, 1.807) is 0 Å². The number of aldehydes is 1. The molecule has 0 saturated carbocycles. The Morgan fingerprint density at radius 2 is 1.45 bits per heavy atom. The lowest BCUT2D eigenvalue weighted by atomic mass is 9.72. The molecule has 0 spiro atoms. The van der Waals surface area contributed by atoms with Crippen LogP contribution in [0.5, 0.6) is 0 Å². The van der Waals surface area contributed by atoms with Crippen molar-refractivity contribution in [2.75, 3.05) is 0 Å². The molecule has 0 saturated heterocycles. The first-order valence-corrected chi connectivity index (χ1v) is 10.9. The van der Waals surface area contributed by atoms with Crippen LogP contribution in [-0.2, 0) is 9.59 Å². The number of carbonyl (C=O) groups is 2. The number of aromatic nitrogens is 2. The number of unbranched alkanes of at least 4 members (excludes halogenated alkanes) is 3. The van der Waals surface area contributed by atoms with Crippen molar-refractivity contribution in [1.29, 1.82) is 0 Å². The van der Waals surface area contributed by atoms with Gasteiger partial charge in [-0.1, -0.05) is 47.0 Å². The van der Waals surface area contributed by atoms with E-state index < -0.39 is 11.3 Å². The first-order valence-electron chi connectivity index (χ1n) is 10.9. The number of H-pyrrole nitrogens is 2. The Balaban J connectivity index is 1.87. The minimum atomic E-state index is -0.494. The normalized spacial score (nSPS) is 12.4. The van der Waals surface area contributed by atoms with Gasteiger partial charge in [-0.05, 0) is 24.7 Å². The maximum atomic E-state index is 12.4. The Labute approximate surface area is 181 Å². The first kappa shape index (κ1) is 24.6. The van der Waals surface area contributed by atoms with Crippen LogP contribution in [0, 0.1) is 10.8 Å². The first-order chi connectivity index (χ1) is 14.5. The predicted octanol–water partition coefficient (Wildman–Crippen LogP) is 4.32. The molecule has 0 atom stereocenters. The summed E-state index contributed by atoms with van der Waals surface area (Å²) in [6.07, 6.45) is 7.14. The number of ketones is 1. The molecule has 0 fully saturated rings. The number of nitrogens with one attached hydrogen (secondary N) is 2. The average molecular weight is 435 g/mol. The molecule has 172 valence electrons. The molecule has 0 aliphatic rings. The molecule has 2 N–H and O–H groups in total. The molecule has 2 aromatic heterocycles. The lowest BCUT2D eigenvalue weighted by molar-refractivity contribution is -0.119. The molecule has 0 bridgehead atoms. The van der Waals surface area contributed by atoms with E-state index in [0.29, 0.717) is 30.8 Å². The zero-order chi connectivity index (χ0) is 23.1. The van der Waals surface area contributed by atoms with E-state index in [1.807, 2.05) is 27.7 Å². The molecule has 0 amide bonds. The molecule has 0 unspecified atom stereocenters. The standard InChI is InChI=1S/C23H34N2O6/c1-22(2,15-26)11-8-6-5-7-9-16(27)10-12-23(3,4)21(17-13-19(28)24-30-17)18-14-20(29)25-31-18/h13-15,21H,5-12H2,1-4H3,(H,24,28)(H,25,29). The van der Waals surface area contributed by atoms with Gasteiger partial charge < -0.3 is 13.8 Å². The van der Waals surface area contributed by atoms with Crippen LogP contribution in [0.3, 0.4) is 0 Å². The van der Waals surface area contributed by atoms with Gasteiger partial charge in [0.2, 0.25) is 0 Å². The largest absolute Gasteiger partial charge is 0.383 e. The van der Waals surface area contributed by atoms with E-state index in [2.05, 4.69) is 10.3 Å². The van der Waals surface area contributed by atoms with Crippen LogP contribution in [0.1, 0.15) is 96.5 Å². The van der Waals surface area contributed by atoms with E-state index in [-0.39, 0.29) is 22.3 Å². The van der Waals surface area contributed by atoms with Gasteiger partial charge in [0.1, 0.15) is 23.6 Å². The van der Waals surface area contributed by atoms with Crippen LogP contribution < -0.4 is 11.1 Å². The van der Waals surface area contributed by atoms with Crippen molar-refractivity contribution >= 4 is 12.1 Å². The molecule has 0 aliphatic heterocycles. The van der Waals surface area contributed by atoms with Crippen molar-refractivity contribution in [2.45, 2.75) is 85.0 Å². The fourth-order valence-electron chi connectivity index (χ4n) is 3.84. The van der Waals surface area contributed by atoms with Crippen molar-refractivity contribution in [3.05, 3.63) is 44.4 Å². The Hall–Kier alpha value is -2.64. The van der Waals surface area contributed by atoms with Gasteiger partial charge in [0.25, 0.3) is 11.1 Å². The third kappa shape index (κ3) is 7.52. The zero-order valence-electron chi connectivity index (χ0n) is 18.9. The van der Waals surface area contributed by atoms with Gasteiger partial charge in [0, 0.05) is 30.4 Å². The fraction of sp³-hybridized carbons (Fsp3) is 0.652.